The number of nitrogens with zero attached hydrogens (tertiary/aromatic N) is 2. The quantitative estimate of drug-likeness (QED) is 0.670. The lowest BCUT2D eigenvalue weighted by Gasteiger charge is -2.37. The van der Waals surface area contributed by atoms with Crippen molar-refractivity contribution in [3.05, 3.63) is 35.5 Å². The lowest BCUT2D eigenvalue weighted by molar-refractivity contribution is 0.178. The number of aromatic nitrogens is 1. The number of benzene rings is 1. The largest absolute Gasteiger partial charge is 0.342 e. The SMILES string of the molecule is CN1CCn2c3c(c4ccccc42)CCCC31. The van der Waals surface area contributed by atoms with Crippen molar-refractivity contribution in [2.24, 2.45) is 0 Å². The Kier molecular flexibility index (Phi) is 1.92. The predicted octanol–water partition coefficient (Wildman–Crippen LogP) is 2.96. The minimum absolute atomic E-state index is 0.667. The second-order valence-corrected chi connectivity index (χ2v) is 5.42. The van der Waals surface area contributed by atoms with Crippen LogP contribution in [0.25, 0.3) is 10.9 Å². The van der Waals surface area contributed by atoms with Gasteiger partial charge in [-0.25, -0.2) is 0 Å². The molecule has 2 aliphatic rings. The van der Waals surface area contributed by atoms with Crippen LogP contribution in [0.4, 0.5) is 0 Å². The fraction of sp³-hybridized carbons (Fsp3) is 0.467. The average Bonchev–Trinajstić information content (AvgIpc) is 2.70. The molecule has 0 bridgehead atoms. The van der Waals surface area contributed by atoms with E-state index in [1.54, 1.807) is 11.3 Å². The average molecular weight is 226 g/mol. The van der Waals surface area contributed by atoms with E-state index in [9.17, 15) is 0 Å². The highest BCUT2D eigenvalue weighted by molar-refractivity contribution is 5.86. The molecule has 1 aliphatic heterocycles. The Morgan fingerprint density at radius 1 is 1.18 bits per heavy atom. The maximum atomic E-state index is 2.58. The molecule has 0 amide bonds. The highest BCUT2D eigenvalue weighted by atomic mass is 15.2. The minimum Gasteiger partial charge on any atom is -0.342 e. The van der Waals surface area contributed by atoms with Crippen molar-refractivity contribution in [3.8, 4) is 0 Å². The molecular formula is C15H18N2. The van der Waals surface area contributed by atoms with Crippen LogP contribution in [0.3, 0.4) is 0 Å². The van der Waals surface area contributed by atoms with Gasteiger partial charge in [0.2, 0.25) is 0 Å². The molecule has 2 heteroatoms. The number of para-hydroxylation sites is 1. The maximum absolute atomic E-state index is 2.58. The first-order valence-electron chi connectivity index (χ1n) is 6.66. The Hall–Kier alpha value is -1.28. The summed E-state index contributed by atoms with van der Waals surface area (Å²) in [6.45, 7) is 2.35. The Bertz CT molecular complexity index is 549. The van der Waals surface area contributed by atoms with E-state index < -0.39 is 0 Å². The van der Waals surface area contributed by atoms with Crippen LogP contribution in [0.15, 0.2) is 24.3 Å². The Morgan fingerprint density at radius 2 is 2.06 bits per heavy atom. The molecule has 1 aromatic heterocycles. The van der Waals surface area contributed by atoms with E-state index in [2.05, 4.69) is 40.8 Å². The van der Waals surface area contributed by atoms with Gasteiger partial charge in [-0.1, -0.05) is 18.2 Å². The summed E-state index contributed by atoms with van der Waals surface area (Å²) in [4.78, 5) is 2.54. The van der Waals surface area contributed by atoms with Crippen molar-refractivity contribution in [2.75, 3.05) is 13.6 Å². The molecule has 0 spiro atoms. The Morgan fingerprint density at radius 3 is 3.00 bits per heavy atom. The smallest absolute Gasteiger partial charge is 0.0501 e. The van der Waals surface area contributed by atoms with Crippen LogP contribution >= 0.6 is 0 Å². The molecule has 0 N–H and O–H groups in total. The van der Waals surface area contributed by atoms with Crippen LogP contribution in [0.2, 0.25) is 0 Å². The molecule has 0 fully saturated rings. The molecule has 4 rings (SSSR count). The maximum Gasteiger partial charge on any atom is 0.0501 e. The topological polar surface area (TPSA) is 8.17 Å². The molecule has 0 radical (unpaired) electrons. The van der Waals surface area contributed by atoms with Gasteiger partial charge in [-0.15, -0.1) is 0 Å². The van der Waals surface area contributed by atoms with Crippen molar-refractivity contribution in [1.82, 2.24) is 9.47 Å². The highest BCUT2D eigenvalue weighted by Crippen LogP contribution is 2.41. The third kappa shape index (κ3) is 1.19. The summed E-state index contributed by atoms with van der Waals surface area (Å²) in [7, 11) is 2.28. The molecule has 1 aliphatic carbocycles. The lowest BCUT2D eigenvalue weighted by atomic mass is 9.90. The van der Waals surface area contributed by atoms with Gasteiger partial charge < -0.3 is 4.57 Å². The van der Waals surface area contributed by atoms with Gasteiger partial charge in [-0.3, -0.25) is 4.90 Å². The van der Waals surface area contributed by atoms with Gasteiger partial charge in [-0.2, -0.15) is 0 Å². The van der Waals surface area contributed by atoms with Gasteiger partial charge >= 0.3 is 0 Å². The van der Waals surface area contributed by atoms with Crippen LogP contribution in [-0.2, 0) is 13.0 Å². The van der Waals surface area contributed by atoms with Gasteiger partial charge in [0.15, 0.2) is 0 Å². The summed E-state index contributed by atoms with van der Waals surface area (Å²) in [6.07, 6.45) is 3.95. The molecule has 2 aromatic rings. The summed E-state index contributed by atoms with van der Waals surface area (Å²) in [5.41, 5.74) is 4.70. The molecule has 88 valence electrons. The summed E-state index contributed by atoms with van der Waals surface area (Å²) < 4.78 is 2.58. The van der Waals surface area contributed by atoms with Crippen LogP contribution in [-0.4, -0.2) is 23.1 Å². The van der Waals surface area contributed by atoms with Gasteiger partial charge in [-0.05, 0) is 37.9 Å². The predicted molar refractivity (Wildman–Crippen MR) is 70.2 cm³/mol. The monoisotopic (exact) mass is 226 g/mol. The lowest BCUT2D eigenvalue weighted by Crippen LogP contribution is -2.36. The van der Waals surface area contributed by atoms with Crippen molar-refractivity contribution in [3.63, 3.8) is 0 Å². The third-order valence-corrected chi connectivity index (χ3v) is 4.55. The molecule has 17 heavy (non-hydrogen) atoms. The van der Waals surface area contributed by atoms with Crippen LogP contribution in [0.1, 0.15) is 30.1 Å². The first kappa shape index (κ1) is 9.72. The number of fused-ring (bicyclic) bond motifs is 3. The van der Waals surface area contributed by atoms with Crippen LogP contribution in [0.5, 0.6) is 0 Å². The summed E-state index contributed by atoms with van der Waals surface area (Å²) in [6, 6.07) is 9.61. The second-order valence-electron chi connectivity index (χ2n) is 5.42. The van der Waals surface area contributed by atoms with Gasteiger partial charge in [0, 0.05) is 29.7 Å². The fourth-order valence-electron chi connectivity index (χ4n) is 3.73. The second kappa shape index (κ2) is 3.36. The van der Waals surface area contributed by atoms with Gasteiger partial charge in [0.25, 0.3) is 0 Å². The van der Waals surface area contributed by atoms with Crippen LogP contribution < -0.4 is 0 Å². The van der Waals surface area contributed by atoms with E-state index in [0.29, 0.717) is 6.04 Å². The zero-order chi connectivity index (χ0) is 11.4. The van der Waals surface area contributed by atoms with E-state index in [4.69, 9.17) is 0 Å². The first-order valence-corrected chi connectivity index (χ1v) is 6.66. The Labute approximate surface area is 102 Å². The minimum atomic E-state index is 0.667. The molecule has 0 saturated carbocycles. The number of rotatable bonds is 0. The zero-order valence-electron chi connectivity index (χ0n) is 10.3. The van der Waals surface area contributed by atoms with Crippen LogP contribution in [0, 0.1) is 0 Å². The van der Waals surface area contributed by atoms with E-state index in [1.165, 1.54) is 36.7 Å². The molecule has 1 unspecified atom stereocenters. The summed E-state index contributed by atoms with van der Waals surface area (Å²) in [5.74, 6) is 0. The highest BCUT2D eigenvalue weighted by Gasteiger charge is 2.32. The molecule has 2 nitrogen and oxygen atoms in total. The Balaban J connectivity index is 2.09. The molecule has 2 heterocycles. The number of aryl methyl sites for hydroxylation is 1. The van der Waals surface area contributed by atoms with E-state index in [-0.39, 0.29) is 0 Å². The van der Waals surface area contributed by atoms with Crippen molar-refractivity contribution < 1.29 is 0 Å². The fourth-order valence-corrected chi connectivity index (χ4v) is 3.73. The number of hydrogen-bond donors (Lipinski definition) is 0. The number of likely N-dealkylation sites (N-methyl/N-ethyl adjacent to an activating group) is 1. The normalized spacial score (nSPS) is 23.9. The van der Waals surface area contributed by atoms with Gasteiger partial charge in [0.05, 0.1) is 6.04 Å². The van der Waals surface area contributed by atoms with Crippen molar-refractivity contribution in [2.45, 2.75) is 31.8 Å². The standard InChI is InChI=1S/C15H18N2/c1-16-9-10-17-13-7-3-2-5-11(13)12-6-4-8-14(16)15(12)17/h2-3,5,7,14H,4,6,8-10H2,1H3. The third-order valence-electron chi connectivity index (χ3n) is 4.55. The molecule has 0 saturated heterocycles. The van der Waals surface area contributed by atoms with Crippen molar-refractivity contribution in [1.29, 1.82) is 0 Å². The van der Waals surface area contributed by atoms with E-state index in [1.807, 2.05) is 0 Å². The number of hydrogen-bond acceptors (Lipinski definition) is 1. The first-order chi connectivity index (χ1) is 8.36. The molecule has 1 atom stereocenters. The molecule has 1 aromatic carbocycles. The van der Waals surface area contributed by atoms with Gasteiger partial charge in [0.1, 0.15) is 0 Å². The zero-order valence-corrected chi connectivity index (χ0v) is 10.3. The van der Waals surface area contributed by atoms with E-state index >= 15 is 0 Å². The van der Waals surface area contributed by atoms with Crippen molar-refractivity contribution >= 4 is 10.9 Å². The molecular weight excluding hydrogens is 208 g/mol. The van der Waals surface area contributed by atoms with E-state index in [0.717, 1.165) is 6.54 Å². The summed E-state index contributed by atoms with van der Waals surface area (Å²) >= 11 is 0. The summed E-state index contributed by atoms with van der Waals surface area (Å²) in [5, 5.41) is 1.50.